The van der Waals surface area contributed by atoms with Gasteiger partial charge in [0.15, 0.2) is 11.5 Å². The first-order valence-electron chi connectivity index (χ1n) is 12.8. The largest absolute Gasteiger partial charge is 0.386 e. The van der Waals surface area contributed by atoms with E-state index in [2.05, 4.69) is 25.3 Å². The summed E-state index contributed by atoms with van der Waals surface area (Å²) in [5, 5.41) is 7.05. The van der Waals surface area contributed by atoms with Gasteiger partial charge in [0.05, 0.1) is 46.6 Å². The Morgan fingerprint density at radius 1 is 1.13 bits per heavy atom. The van der Waals surface area contributed by atoms with E-state index in [-0.39, 0.29) is 24.6 Å². The lowest BCUT2D eigenvalue weighted by Gasteiger charge is -2.36. The number of hydrogen-bond acceptors (Lipinski definition) is 8. The van der Waals surface area contributed by atoms with Crippen LogP contribution in [0.15, 0.2) is 29.4 Å². The zero-order chi connectivity index (χ0) is 26.7. The van der Waals surface area contributed by atoms with E-state index in [0.29, 0.717) is 22.1 Å². The lowest BCUT2D eigenvalue weighted by Crippen LogP contribution is -2.37. The summed E-state index contributed by atoms with van der Waals surface area (Å²) < 4.78 is 33.5. The van der Waals surface area contributed by atoms with E-state index in [1.807, 2.05) is 6.92 Å². The molecule has 1 amide bonds. The second-order valence-electron chi connectivity index (χ2n) is 10.7. The van der Waals surface area contributed by atoms with Crippen LogP contribution in [0.5, 0.6) is 0 Å². The molecule has 200 valence electrons. The molecule has 1 saturated heterocycles. The maximum atomic E-state index is 13.6. The van der Waals surface area contributed by atoms with Crippen LogP contribution in [-0.4, -0.2) is 50.6 Å². The van der Waals surface area contributed by atoms with Crippen molar-refractivity contribution in [3.63, 3.8) is 0 Å². The summed E-state index contributed by atoms with van der Waals surface area (Å²) in [4.78, 5) is 36.8. The predicted molar refractivity (Wildman–Crippen MR) is 138 cm³/mol. The van der Waals surface area contributed by atoms with Gasteiger partial charge in [0.1, 0.15) is 5.52 Å². The molecule has 1 N–H and O–H groups in total. The molecule has 3 aliphatic rings. The first kappa shape index (κ1) is 25.0. The topological polar surface area (TPSA) is 102 Å². The van der Waals surface area contributed by atoms with Crippen molar-refractivity contribution in [3.05, 3.63) is 35.7 Å². The molecule has 3 heterocycles. The van der Waals surface area contributed by atoms with Crippen LogP contribution in [0.2, 0.25) is 0 Å². The van der Waals surface area contributed by atoms with Gasteiger partial charge in [-0.25, -0.2) is 23.4 Å². The zero-order valence-corrected chi connectivity index (χ0v) is 22.0. The van der Waals surface area contributed by atoms with Crippen molar-refractivity contribution in [2.24, 2.45) is 5.41 Å². The van der Waals surface area contributed by atoms with Crippen molar-refractivity contribution >= 4 is 46.6 Å². The smallest absolute Gasteiger partial charge is 0.315 e. The third kappa shape index (κ3) is 4.70. The average molecular weight is 543 g/mol. The fraction of sp³-hybridized carbons (Fsp3) is 0.500. The van der Waals surface area contributed by atoms with E-state index in [1.165, 1.54) is 36.8 Å². The lowest BCUT2D eigenvalue weighted by atomic mass is 9.88. The van der Waals surface area contributed by atoms with E-state index in [4.69, 9.17) is 4.18 Å². The Labute approximate surface area is 222 Å². The molecule has 0 unspecified atom stereocenters. The Balaban J connectivity index is 1.28. The molecule has 12 heteroatoms. The molecule has 2 aliphatic carbocycles. The molecule has 2 saturated carbocycles. The zero-order valence-electron chi connectivity index (χ0n) is 21.2. The normalized spacial score (nSPS) is 19.8. The molecule has 1 spiro atoms. The van der Waals surface area contributed by atoms with Gasteiger partial charge in [-0.3, -0.25) is 9.59 Å². The number of piperidine rings is 1. The Morgan fingerprint density at radius 3 is 2.53 bits per heavy atom. The van der Waals surface area contributed by atoms with Crippen LogP contribution >= 0.6 is 12.0 Å². The number of hydrogen-bond donors (Lipinski definition) is 1. The minimum atomic E-state index is -2.69. The average Bonchev–Trinajstić information content (AvgIpc) is 3.48. The SMILES string of the molecule is CC(=O)OSc1ccc(C(=O)Nc2cnc3cnn(C4CC(F)(F)C4)c3n2)c(N2CCC3(CC2)CC3)c1C. The quantitative estimate of drug-likeness (QED) is 0.418. The highest BCUT2D eigenvalue weighted by atomic mass is 32.2. The molecule has 1 aliphatic heterocycles. The van der Waals surface area contributed by atoms with Crippen molar-refractivity contribution in [2.75, 3.05) is 23.3 Å². The van der Waals surface area contributed by atoms with E-state index in [0.717, 1.165) is 54.1 Å². The molecule has 2 aromatic heterocycles. The van der Waals surface area contributed by atoms with Gasteiger partial charge < -0.3 is 14.4 Å². The summed E-state index contributed by atoms with van der Waals surface area (Å²) in [6, 6.07) is 3.06. The van der Waals surface area contributed by atoms with E-state index in [1.54, 1.807) is 12.1 Å². The van der Waals surface area contributed by atoms with Crippen molar-refractivity contribution in [3.8, 4) is 0 Å². The van der Waals surface area contributed by atoms with Gasteiger partial charge in [-0.05, 0) is 55.7 Å². The number of nitrogens with zero attached hydrogens (tertiary/aromatic N) is 5. The summed E-state index contributed by atoms with van der Waals surface area (Å²) in [7, 11) is 0. The van der Waals surface area contributed by atoms with Crippen molar-refractivity contribution in [1.29, 1.82) is 0 Å². The molecular weight excluding hydrogens is 514 g/mol. The highest BCUT2D eigenvalue weighted by molar-refractivity contribution is 7.95. The third-order valence-corrected chi connectivity index (χ3v) is 8.87. The monoisotopic (exact) mass is 542 g/mol. The first-order chi connectivity index (χ1) is 18.1. The number of carbonyl (C=O) groups is 2. The Kier molecular flexibility index (Phi) is 6.04. The molecule has 9 nitrogen and oxygen atoms in total. The summed E-state index contributed by atoms with van der Waals surface area (Å²) in [5.74, 6) is -3.23. The maximum absolute atomic E-state index is 13.6. The second kappa shape index (κ2) is 9.18. The summed E-state index contributed by atoms with van der Waals surface area (Å²) in [5.41, 5.74) is 3.46. The number of aromatic nitrogens is 4. The minimum Gasteiger partial charge on any atom is -0.386 e. The number of halogens is 2. The Bertz CT molecular complexity index is 1420. The van der Waals surface area contributed by atoms with E-state index in [9.17, 15) is 18.4 Å². The van der Waals surface area contributed by atoms with E-state index < -0.39 is 17.9 Å². The lowest BCUT2D eigenvalue weighted by molar-refractivity contribution is -0.130. The fourth-order valence-electron chi connectivity index (χ4n) is 5.48. The number of amides is 1. The van der Waals surface area contributed by atoms with Crippen molar-refractivity contribution in [1.82, 2.24) is 19.7 Å². The van der Waals surface area contributed by atoms with Crippen molar-refractivity contribution < 1.29 is 22.6 Å². The number of rotatable bonds is 6. The molecule has 6 rings (SSSR count). The fourth-order valence-corrected chi connectivity index (χ4v) is 6.03. The molecule has 3 aromatic rings. The Hall–Kier alpha value is -3.28. The summed E-state index contributed by atoms with van der Waals surface area (Å²) >= 11 is 0.991. The molecular formula is C26H28F2N6O3S. The number of fused-ring (bicyclic) bond motifs is 1. The first-order valence-corrected chi connectivity index (χ1v) is 13.5. The van der Waals surface area contributed by atoms with Crippen molar-refractivity contribution in [2.45, 2.75) is 69.2 Å². The highest BCUT2D eigenvalue weighted by Gasteiger charge is 2.47. The molecule has 3 fully saturated rings. The van der Waals surface area contributed by atoms with Crippen LogP contribution in [-0.2, 0) is 8.98 Å². The van der Waals surface area contributed by atoms with Gasteiger partial charge in [0.25, 0.3) is 11.8 Å². The molecule has 1 aromatic carbocycles. The Morgan fingerprint density at radius 2 is 1.87 bits per heavy atom. The van der Waals surface area contributed by atoms with Crippen LogP contribution in [0, 0.1) is 12.3 Å². The number of carbonyl (C=O) groups excluding carboxylic acids is 2. The molecule has 0 atom stereocenters. The van der Waals surface area contributed by atoms with Crippen LogP contribution < -0.4 is 10.2 Å². The minimum absolute atomic E-state index is 0.216. The summed E-state index contributed by atoms with van der Waals surface area (Å²) in [6.45, 7) is 4.98. The standard InChI is InChI=1S/C26H28F2N6O3S/c1-15-20(38-37-16(2)35)4-3-18(22(15)33-9-7-25(5-6-25)8-10-33)24(36)32-21-14-29-19-13-30-34(23(19)31-21)17-11-26(27,28)12-17/h3-4,13-14,17H,5-12H2,1-2H3,(H,31,32,36). The molecule has 0 radical (unpaired) electrons. The van der Waals surface area contributed by atoms with Gasteiger partial charge in [-0.15, -0.1) is 0 Å². The van der Waals surface area contributed by atoms with Crippen LogP contribution in [0.1, 0.15) is 67.4 Å². The van der Waals surface area contributed by atoms with Gasteiger partial charge in [-0.1, -0.05) is 0 Å². The third-order valence-electron chi connectivity index (χ3n) is 7.93. The molecule has 38 heavy (non-hydrogen) atoms. The van der Waals surface area contributed by atoms with E-state index >= 15 is 0 Å². The highest BCUT2D eigenvalue weighted by Crippen LogP contribution is 2.54. The maximum Gasteiger partial charge on any atom is 0.315 e. The van der Waals surface area contributed by atoms with Gasteiger partial charge in [0, 0.05) is 32.9 Å². The number of alkyl halides is 2. The van der Waals surface area contributed by atoms with Crippen LogP contribution in [0.4, 0.5) is 20.3 Å². The number of anilines is 2. The van der Waals surface area contributed by atoms with Crippen LogP contribution in [0.25, 0.3) is 11.2 Å². The van der Waals surface area contributed by atoms with Gasteiger partial charge in [0.2, 0.25) is 0 Å². The van der Waals surface area contributed by atoms with Gasteiger partial charge >= 0.3 is 5.97 Å². The predicted octanol–water partition coefficient (Wildman–Crippen LogP) is 5.31. The second-order valence-corrected chi connectivity index (χ2v) is 11.4. The van der Waals surface area contributed by atoms with Crippen LogP contribution in [0.3, 0.4) is 0 Å². The number of benzene rings is 1. The van der Waals surface area contributed by atoms with Gasteiger partial charge in [-0.2, -0.15) is 5.10 Å². The summed E-state index contributed by atoms with van der Waals surface area (Å²) in [6.07, 6.45) is 7.06. The number of nitrogens with one attached hydrogen (secondary N) is 1. The molecule has 0 bridgehead atoms.